The van der Waals surface area contributed by atoms with Gasteiger partial charge >= 0.3 is 0 Å². The molecule has 0 radical (unpaired) electrons. The predicted molar refractivity (Wildman–Crippen MR) is 132 cm³/mol. The van der Waals surface area contributed by atoms with Gasteiger partial charge in [0.15, 0.2) is 0 Å². The van der Waals surface area contributed by atoms with Gasteiger partial charge in [0.1, 0.15) is 23.7 Å². The second kappa shape index (κ2) is 11.7. The van der Waals surface area contributed by atoms with E-state index in [0.29, 0.717) is 37.1 Å². The van der Waals surface area contributed by atoms with Crippen LogP contribution in [0, 0.1) is 6.92 Å². The molecule has 0 spiro atoms. The van der Waals surface area contributed by atoms with E-state index < -0.39 is 5.60 Å². The van der Waals surface area contributed by atoms with Crippen molar-refractivity contribution in [3.05, 3.63) is 77.1 Å². The summed E-state index contributed by atoms with van der Waals surface area (Å²) < 4.78 is 19.4. The molecule has 1 aliphatic rings. The number of nitrogens with zero attached hydrogens (tertiary/aromatic N) is 3. The van der Waals surface area contributed by atoms with E-state index in [4.69, 9.17) is 25.8 Å². The molecule has 1 saturated heterocycles. The molecule has 1 N–H and O–H groups in total. The molecule has 8 heteroatoms. The molecular weight excluding hydrogens is 454 g/mol. The fourth-order valence-corrected chi connectivity index (χ4v) is 4.17. The number of benzene rings is 2. The van der Waals surface area contributed by atoms with E-state index in [0.717, 1.165) is 36.4 Å². The van der Waals surface area contributed by atoms with E-state index in [9.17, 15) is 5.11 Å². The van der Waals surface area contributed by atoms with Crippen molar-refractivity contribution in [3.63, 3.8) is 0 Å². The highest BCUT2D eigenvalue weighted by Gasteiger charge is 2.33. The zero-order valence-electron chi connectivity index (χ0n) is 19.5. The number of aliphatic hydroxyl groups is 1. The number of β-amino-alcohol motifs (C(OH)–C–C–N with tert-alkyl or cyclic N) is 1. The molecule has 3 aromatic rings. The van der Waals surface area contributed by atoms with Gasteiger partial charge in [0.2, 0.25) is 0 Å². The van der Waals surface area contributed by atoms with E-state index in [1.54, 1.807) is 12.1 Å². The highest BCUT2D eigenvalue weighted by Crippen LogP contribution is 2.22. The molecule has 0 bridgehead atoms. The molecule has 4 rings (SSSR count). The monoisotopic (exact) mass is 485 g/mol. The number of hydrogen-bond acceptors (Lipinski definition) is 6. The molecule has 0 amide bonds. The fourth-order valence-electron chi connectivity index (χ4n) is 3.99. The Bertz CT molecular complexity index is 1060. The minimum absolute atomic E-state index is 0.128. The van der Waals surface area contributed by atoms with E-state index >= 15 is 0 Å². The van der Waals surface area contributed by atoms with Crippen LogP contribution in [-0.4, -0.2) is 64.9 Å². The molecule has 1 unspecified atom stereocenters. The quantitative estimate of drug-likeness (QED) is 0.438. The van der Waals surface area contributed by atoms with Gasteiger partial charge in [0.25, 0.3) is 0 Å². The number of rotatable bonds is 10. The van der Waals surface area contributed by atoms with Gasteiger partial charge in [-0.15, -0.1) is 0 Å². The fraction of sp³-hybridized carbons (Fsp3) is 0.423. The summed E-state index contributed by atoms with van der Waals surface area (Å²) in [7, 11) is 0. The Balaban J connectivity index is 1.28. The van der Waals surface area contributed by atoms with E-state index in [1.807, 2.05) is 48.3 Å². The third-order valence-corrected chi connectivity index (χ3v) is 5.85. The highest BCUT2D eigenvalue weighted by atomic mass is 35.5. The minimum Gasteiger partial charge on any atom is -0.494 e. The Hall–Kier alpha value is -2.58. The third-order valence-electron chi connectivity index (χ3n) is 5.61. The summed E-state index contributed by atoms with van der Waals surface area (Å²) in [5.74, 6) is 1.48. The van der Waals surface area contributed by atoms with Gasteiger partial charge in [-0.2, -0.15) is 5.10 Å². The van der Waals surface area contributed by atoms with Gasteiger partial charge in [-0.1, -0.05) is 29.8 Å². The van der Waals surface area contributed by atoms with Crippen molar-refractivity contribution < 1.29 is 19.3 Å². The minimum atomic E-state index is -1.11. The Morgan fingerprint density at radius 1 is 1.15 bits per heavy atom. The lowest BCUT2D eigenvalue weighted by atomic mass is 10.1. The third kappa shape index (κ3) is 7.46. The van der Waals surface area contributed by atoms with Crippen molar-refractivity contribution in [1.82, 2.24) is 14.7 Å². The van der Waals surface area contributed by atoms with Crippen molar-refractivity contribution in [2.24, 2.45) is 0 Å². The van der Waals surface area contributed by atoms with Gasteiger partial charge in [-0.25, -0.2) is 0 Å². The first-order valence-corrected chi connectivity index (χ1v) is 12.0. The lowest BCUT2D eigenvalue weighted by Gasteiger charge is -2.30. The second-order valence-electron chi connectivity index (χ2n) is 8.86. The molecule has 7 nitrogen and oxygen atoms in total. The topological polar surface area (TPSA) is 69.0 Å². The van der Waals surface area contributed by atoms with Crippen LogP contribution in [0.3, 0.4) is 0 Å². The van der Waals surface area contributed by atoms with Crippen LogP contribution in [0.5, 0.6) is 11.5 Å². The number of aryl methyl sites for hydroxylation is 2. The van der Waals surface area contributed by atoms with Gasteiger partial charge in [-0.05, 0) is 48.4 Å². The largest absolute Gasteiger partial charge is 0.494 e. The number of hydrogen-bond donors (Lipinski definition) is 1. The zero-order chi connectivity index (χ0) is 23.8. The van der Waals surface area contributed by atoms with Crippen LogP contribution < -0.4 is 9.47 Å². The van der Waals surface area contributed by atoms with E-state index in [1.165, 1.54) is 0 Å². The summed E-state index contributed by atoms with van der Waals surface area (Å²) in [4.78, 5) is 2.19. The van der Waals surface area contributed by atoms with Crippen LogP contribution >= 0.6 is 11.6 Å². The summed E-state index contributed by atoms with van der Waals surface area (Å²) >= 11 is 6.03. The van der Waals surface area contributed by atoms with Crippen molar-refractivity contribution in [2.45, 2.75) is 32.0 Å². The summed E-state index contributed by atoms with van der Waals surface area (Å²) in [6.45, 7) is 6.27. The molecule has 0 saturated carbocycles. The Morgan fingerprint density at radius 3 is 2.76 bits per heavy atom. The van der Waals surface area contributed by atoms with Gasteiger partial charge in [0.05, 0.1) is 26.0 Å². The summed E-state index contributed by atoms with van der Waals surface area (Å²) in [5, 5.41) is 16.1. The number of aromatic nitrogens is 2. The lowest BCUT2D eigenvalue weighted by Crippen LogP contribution is -2.48. The van der Waals surface area contributed by atoms with Crippen LogP contribution in [0.25, 0.3) is 0 Å². The summed E-state index contributed by atoms with van der Waals surface area (Å²) in [6.07, 6.45) is 4.78. The molecule has 2 heterocycles. The molecule has 1 aromatic heterocycles. The van der Waals surface area contributed by atoms with Crippen molar-refractivity contribution in [2.75, 3.05) is 39.5 Å². The van der Waals surface area contributed by atoms with Crippen molar-refractivity contribution in [1.29, 1.82) is 0 Å². The molecule has 34 heavy (non-hydrogen) atoms. The van der Waals surface area contributed by atoms with E-state index in [2.05, 4.69) is 22.1 Å². The first-order chi connectivity index (χ1) is 16.5. The van der Waals surface area contributed by atoms with Crippen LogP contribution in [0.4, 0.5) is 0 Å². The van der Waals surface area contributed by atoms with Gasteiger partial charge in [-0.3, -0.25) is 9.58 Å². The van der Waals surface area contributed by atoms with Crippen LogP contribution in [0.15, 0.2) is 60.9 Å². The normalized spacial score (nSPS) is 19.0. The van der Waals surface area contributed by atoms with Crippen LogP contribution in [0.1, 0.15) is 17.5 Å². The standard InChI is InChI=1S/C26H32ClN3O4/c1-21-15-28-30(16-21)9-4-11-33-24-7-2-5-22(13-24)17-29-10-12-32-19-26(31,18-29)20-34-25-8-3-6-23(27)14-25/h2-3,5-8,13-16,31H,4,9-12,17-20H2,1H3. The first-order valence-electron chi connectivity index (χ1n) is 11.6. The molecule has 182 valence electrons. The molecule has 2 aromatic carbocycles. The SMILES string of the molecule is Cc1cnn(CCCOc2cccc(CN3CCOCC(O)(COc4cccc(Cl)c4)C3)c2)c1. The number of ether oxygens (including phenoxy) is 3. The maximum atomic E-state index is 11.2. The second-order valence-corrected chi connectivity index (χ2v) is 9.30. The Morgan fingerprint density at radius 2 is 1.97 bits per heavy atom. The maximum absolute atomic E-state index is 11.2. The van der Waals surface area contributed by atoms with Crippen molar-refractivity contribution >= 4 is 11.6 Å². The molecule has 0 aliphatic carbocycles. The molecule has 1 fully saturated rings. The first kappa shape index (κ1) is 24.5. The average Bonchev–Trinajstić information content (AvgIpc) is 3.14. The number of halogens is 1. The molecule has 1 aliphatic heterocycles. The van der Waals surface area contributed by atoms with E-state index in [-0.39, 0.29) is 13.2 Å². The van der Waals surface area contributed by atoms with Gasteiger partial charge in [0, 0.05) is 43.8 Å². The smallest absolute Gasteiger partial charge is 0.134 e. The summed E-state index contributed by atoms with van der Waals surface area (Å²) in [6, 6.07) is 15.3. The molecule has 1 atom stereocenters. The van der Waals surface area contributed by atoms with Crippen LogP contribution in [-0.2, 0) is 17.8 Å². The Labute approximate surface area is 205 Å². The lowest BCUT2D eigenvalue weighted by molar-refractivity contribution is -0.0646. The predicted octanol–water partition coefficient (Wildman–Crippen LogP) is 3.96. The highest BCUT2D eigenvalue weighted by molar-refractivity contribution is 6.30. The van der Waals surface area contributed by atoms with Crippen LogP contribution in [0.2, 0.25) is 5.02 Å². The van der Waals surface area contributed by atoms with Gasteiger partial charge < -0.3 is 19.3 Å². The summed E-state index contributed by atoms with van der Waals surface area (Å²) in [5.41, 5.74) is 1.17. The Kier molecular flexibility index (Phi) is 8.45. The average molecular weight is 486 g/mol. The zero-order valence-corrected chi connectivity index (χ0v) is 20.3. The maximum Gasteiger partial charge on any atom is 0.134 e. The molecular formula is C26H32ClN3O4. The van der Waals surface area contributed by atoms with Crippen molar-refractivity contribution in [3.8, 4) is 11.5 Å².